The predicted molar refractivity (Wildman–Crippen MR) is 204 cm³/mol. The van der Waals surface area contributed by atoms with Gasteiger partial charge in [-0.05, 0) is 68.3 Å². The summed E-state index contributed by atoms with van der Waals surface area (Å²) >= 11 is 0. The van der Waals surface area contributed by atoms with Gasteiger partial charge in [0, 0.05) is 62.4 Å². The third-order valence-electron chi connectivity index (χ3n) is 8.65. The maximum Gasteiger partial charge on any atom is 0.232 e. The van der Waals surface area contributed by atoms with Gasteiger partial charge in [0.15, 0.2) is 11.6 Å². The van der Waals surface area contributed by atoms with Crippen molar-refractivity contribution in [2.45, 2.75) is 147 Å². The predicted octanol–water partition coefficient (Wildman–Crippen LogP) is 8.03. The van der Waals surface area contributed by atoms with Crippen molar-refractivity contribution >= 4 is 34.9 Å². The van der Waals surface area contributed by atoms with Crippen molar-refractivity contribution in [3.05, 3.63) is 35.2 Å². The third-order valence-corrected chi connectivity index (χ3v) is 8.65. The summed E-state index contributed by atoms with van der Waals surface area (Å²) in [6, 6.07) is 0. The number of nitrogens with zero attached hydrogens (tertiary/aromatic N) is 4. The normalized spacial score (nSPS) is 15.5. The maximum absolute atomic E-state index is 11.6. The summed E-state index contributed by atoms with van der Waals surface area (Å²) in [6.07, 6.45) is 9.87. The second kappa shape index (κ2) is 24.6. The van der Waals surface area contributed by atoms with Gasteiger partial charge in [0.05, 0.1) is 18.7 Å². The van der Waals surface area contributed by atoms with Crippen LogP contribution >= 0.6 is 0 Å². The number of amides is 2. The van der Waals surface area contributed by atoms with E-state index < -0.39 is 0 Å². The van der Waals surface area contributed by atoms with Crippen molar-refractivity contribution in [3.8, 4) is 0 Å². The number of rotatable bonds is 17. The Morgan fingerprint density at radius 1 is 0.824 bits per heavy atom. The Labute approximate surface area is 308 Å². The van der Waals surface area contributed by atoms with Crippen LogP contribution < -0.4 is 0 Å². The van der Waals surface area contributed by atoms with E-state index in [1.807, 2.05) is 27.7 Å². The number of allylic oxidation sites excluding steroid dienone is 3. The smallest absolute Gasteiger partial charge is 0.232 e. The van der Waals surface area contributed by atoms with Crippen LogP contribution in [0.1, 0.15) is 146 Å². The molecule has 1 aromatic rings. The lowest BCUT2D eigenvalue weighted by molar-refractivity contribution is -0.142. The number of imide groups is 1. The Morgan fingerprint density at radius 2 is 1.31 bits per heavy atom. The fraction of sp³-hybridized carbons (Fsp3) is 0.707. The van der Waals surface area contributed by atoms with E-state index in [9.17, 15) is 28.8 Å². The molecule has 1 saturated heterocycles. The number of ketones is 4. The van der Waals surface area contributed by atoms with Crippen LogP contribution in [0.3, 0.4) is 0 Å². The summed E-state index contributed by atoms with van der Waals surface area (Å²) in [4.78, 5) is 69.0. The Kier molecular flexibility index (Phi) is 22.9. The molecule has 1 aromatic heterocycles. The zero-order valence-corrected chi connectivity index (χ0v) is 33.9. The first-order chi connectivity index (χ1) is 23.7. The molecule has 1 atom stereocenters. The maximum atomic E-state index is 11.6. The first-order valence-electron chi connectivity index (χ1n) is 18.9. The van der Waals surface area contributed by atoms with Gasteiger partial charge in [0.1, 0.15) is 11.6 Å². The molecule has 2 heterocycles. The van der Waals surface area contributed by atoms with Crippen LogP contribution in [0.5, 0.6) is 0 Å². The molecule has 2 amide bonds. The molecule has 0 N–H and O–H groups in total. The van der Waals surface area contributed by atoms with Crippen LogP contribution in [0, 0.1) is 29.6 Å². The molecule has 2 aliphatic rings. The molecule has 10 heteroatoms. The Morgan fingerprint density at radius 3 is 1.71 bits per heavy atom. The van der Waals surface area contributed by atoms with Gasteiger partial charge < -0.3 is 0 Å². The molecule has 10 nitrogen and oxygen atoms in total. The van der Waals surface area contributed by atoms with Crippen molar-refractivity contribution in [2.24, 2.45) is 36.6 Å². The summed E-state index contributed by atoms with van der Waals surface area (Å²) < 4.78 is 1.62. The van der Waals surface area contributed by atoms with Crippen LogP contribution in [-0.4, -0.2) is 61.4 Å². The van der Waals surface area contributed by atoms with Gasteiger partial charge in [-0.15, -0.1) is 5.10 Å². The monoisotopic (exact) mass is 713 g/mol. The summed E-state index contributed by atoms with van der Waals surface area (Å²) in [5.74, 6) is 2.52. The van der Waals surface area contributed by atoms with Gasteiger partial charge in [-0.25, -0.2) is 0 Å². The van der Waals surface area contributed by atoms with Crippen molar-refractivity contribution in [1.29, 1.82) is 0 Å². The van der Waals surface area contributed by atoms with Crippen LogP contribution in [-0.2, 0) is 42.2 Å². The minimum absolute atomic E-state index is 0.0236. The number of hydrogen-bond donors (Lipinski definition) is 0. The molecule has 51 heavy (non-hydrogen) atoms. The minimum atomic E-state index is -0.259. The number of carbonyl (C=O) groups is 6. The molecule has 1 aliphatic carbocycles. The van der Waals surface area contributed by atoms with Gasteiger partial charge in [-0.3, -0.25) is 38.3 Å². The van der Waals surface area contributed by atoms with Crippen LogP contribution in [0.25, 0.3) is 0 Å². The largest absolute Gasteiger partial charge is 0.300 e. The van der Waals surface area contributed by atoms with E-state index in [1.165, 1.54) is 0 Å². The van der Waals surface area contributed by atoms with Gasteiger partial charge in [0.2, 0.25) is 11.8 Å². The molecule has 1 fully saturated rings. The molecular weight excluding hydrogens is 644 g/mol. The average Bonchev–Trinajstić information content (AvgIpc) is 3.57. The number of aromatic nitrogens is 3. The highest BCUT2D eigenvalue weighted by molar-refractivity contribution is 6.19. The highest BCUT2D eigenvalue weighted by Crippen LogP contribution is 2.32. The van der Waals surface area contributed by atoms with Crippen LogP contribution in [0.4, 0.5) is 0 Å². The molecule has 0 aromatic carbocycles. The molecule has 1 aliphatic heterocycles. The van der Waals surface area contributed by atoms with Crippen molar-refractivity contribution in [1.82, 2.24) is 19.9 Å². The average molecular weight is 713 g/mol. The van der Waals surface area contributed by atoms with E-state index in [2.05, 4.69) is 58.4 Å². The second-order valence-electron chi connectivity index (χ2n) is 15.6. The first-order valence-corrected chi connectivity index (χ1v) is 18.9. The summed E-state index contributed by atoms with van der Waals surface area (Å²) in [7, 11) is 1.80. The van der Waals surface area contributed by atoms with E-state index in [0.717, 1.165) is 60.3 Å². The number of likely N-dealkylation sites (tertiary alicyclic amines) is 1. The number of carbonyl (C=O) groups excluding carboxylic acids is 6. The molecule has 0 saturated carbocycles. The Hall–Kier alpha value is -3.56. The first kappa shape index (κ1) is 47.4. The lowest BCUT2D eigenvalue weighted by Gasteiger charge is -2.22. The highest BCUT2D eigenvalue weighted by atomic mass is 16.2. The van der Waals surface area contributed by atoms with E-state index in [0.29, 0.717) is 60.7 Å². The van der Waals surface area contributed by atoms with Crippen LogP contribution in [0.2, 0.25) is 0 Å². The van der Waals surface area contributed by atoms with Crippen LogP contribution in [0.15, 0.2) is 29.5 Å². The van der Waals surface area contributed by atoms with Gasteiger partial charge >= 0.3 is 0 Å². The molecule has 3 rings (SSSR count). The zero-order valence-electron chi connectivity index (χ0n) is 33.9. The van der Waals surface area contributed by atoms with Crippen molar-refractivity contribution in [3.63, 3.8) is 0 Å². The molecule has 0 spiro atoms. The quantitative estimate of drug-likeness (QED) is 0.117. The van der Waals surface area contributed by atoms with E-state index in [4.69, 9.17) is 0 Å². The molecule has 0 radical (unpaired) electrons. The number of Topliss-reactive ketones (excluding diaryl/α,β-unsaturated/α-hetero) is 4. The third kappa shape index (κ3) is 20.2. The Balaban J connectivity index is 0.000000667. The number of hydrogen-bond acceptors (Lipinski definition) is 8. The lowest BCUT2D eigenvalue weighted by Crippen LogP contribution is -2.35. The molecule has 1 unspecified atom stereocenters. The summed E-state index contributed by atoms with van der Waals surface area (Å²) in [6.45, 7) is 26.2. The van der Waals surface area contributed by atoms with Gasteiger partial charge in [-0.2, -0.15) is 0 Å². The fourth-order valence-electron chi connectivity index (χ4n) is 4.94. The Bertz CT molecular complexity index is 1350. The van der Waals surface area contributed by atoms with Crippen molar-refractivity contribution in [2.75, 3.05) is 6.54 Å². The molecule has 0 bridgehead atoms. The lowest BCUT2D eigenvalue weighted by atomic mass is 9.80. The highest BCUT2D eigenvalue weighted by Gasteiger charge is 2.36. The molecular formula is C41H68N4O6. The zero-order chi connectivity index (χ0) is 39.4. The van der Waals surface area contributed by atoms with Gasteiger partial charge in [-0.1, -0.05) is 81.0 Å². The van der Waals surface area contributed by atoms with E-state index >= 15 is 0 Å². The topological polar surface area (TPSA) is 136 Å². The molecule has 288 valence electrons. The SMILES string of the molecule is C=C1C(=O)C(CCC(C)C)=C1C.CC(C)CCC(=O)CN1C(=O)CC(C)C1=O.CC(C)CCC(=O)Cc1cn(C)nn1.CCC(=O)CCC(C)C. The minimum Gasteiger partial charge on any atom is -0.300 e. The summed E-state index contributed by atoms with van der Waals surface area (Å²) in [5.41, 5.74) is 3.62. The standard InChI is InChI=1S/C12H19NO3.C11H16O.C10H17N3O.C8H16O/c1-8(2)4-5-10(14)7-13-11(15)6-9(3)12(13)16;1-7(2)5-6-10-8(3)9(4)11(10)12;1-8(2)4-5-10(14)6-9-7-13(3)12-11-9;1-4-8(9)6-5-7(2)3/h8-9H,4-7H2,1-3H3;7H,4-6H2,1-3H3;7-8H,4-6H2,1-3H3;7H,4-6H2,1-3H3. The second-order valence-corrected chi connectivity index (χ2v) is 15.6. The summed E-state index contributed by atoms with van der Waals surface area (Å²) in [5, 5.41) is 7.65. The van der Waals surface area contributed by atoms with Gasteiger partial charge in [0.25, 0.3) is 0 Å². The number of aryl methyl sites for hydroxylation is 1. The van der Waals surface area contributed by atoms with E-state index in [1.54, 1.807) is 24.9 Å². The van der Waals surface area contributed by atoms with Crippen molar-refractivity contribution < 1.29 is 28.8 Å². The fourth-order valence-corrected chi connectivity index (χ4v) is 4.94. The van der Waals surface area contributed by atoms with E-state index in [-0.39, 0.29) is 48.0 Å².